The fourth-order valence-corrected chi connectivity index (χ4v) is 3.57. The Morgan fingerprint density at radius 2 is 1.88 bits per heavy atom. The molecule has 2 amide bonds. The molecule has 0 atom stereocenters. The van der Waals surface area contributed by atoms with Crippen molar-refractivity contribution in [2.75, 3.05) is 39.9 Å². The van der Waals surface area contributed by atoms with Gasteiger partial charge in [-0.05, 0) is 37.0 Å². The van der Waals surface area contributed by atoms with E-state index in [9.17, 15) is 9.59 Å². The highest BCUT2D eigenvalue weighted by molar-refractivity contribution is 5.81. The summed E-state index contributed by atoms with van der Waals surface area (Å²) in [5, 5.41) is 0. The zero-order valence-electron chi connectivity index (χ0n) is 15.6. The number of carbonyl (C=O) groups excluding carboxylic acids is 2. The summed E-state index contributed by atoms with van der Waals surface area (Å²) in [6, 6.07) is 8.13. The Bertz CT molecular complexity index is 634. The highest BCUT2D eigenvalue weighted by Crippen LogP contribution is 2.25. The van der Waals surface area contributed by atoms with Gasteiger partial charge in [-0.2, -0.15) is 0 Å². The van der Waals surface area contributed by atoms with E-state index >= 15 is 0 Å². The zero-order valence-corrected chi connectivity index (χ0v) is 15.6. The molecule has 0 radical (unpaired) electrons. The average Bonchev–Trinajstić information content (AvgIpc) is 2.64. The molecular formula is C20H28N2O4. The van der Waals surface area contributed by atoms with Crippen LogP contribution in [0.25, 0.3) is 0 Å². The van der Waals surface area contributed by atoms with Gasteiger partial charge in [0.15, 0.2) is 0 Å². The lowest BCUT2D eigenvalue weighted by Gasteiger charge is -2.42. The number of nitrogens with zero attached hydrogens (tertiary/aromatic N) is 2. The second kappa shape index (κ2) is 8.54. The minimum atomic E-state index is 0.00474. The summed E-state index contributed by atoms with van der Waals surface area (Å²) in [7, 11) is 1.52. The maximum absolute atomic E-state index is 12.6. The Kier molecular flexibility index (Phi) is 6.14. The number of methoxy groups -OCH3 is 1. The molecular weight excluding hydrogens is 332 g/mol. The van der Waals surface area contributed by atoms with Crippen molar-refractivity contribution in [2.24, 2.45) is 5.92 Å². The topological polar surface area (TPSA) is 59.1 Å². The molecule has 2 saturated heterocycles. The van der Waals surface area contributed by atoms with Gasteiger partial charge in [0, 0.05) is 26.1 Å². The van der Waals surface area contributed by atoms with Crippen LogP contribution < -0.4 is 4.74 Å². The molecule has 0 spiro atoms. The molecule has 2 aliphatic heterocycles. The van der Waals surface area contributed by atoms with Gasteiger partial charge >= 0.3 is 0 Å². The third-order valence-electron chi connectivity index (χ3n) is 5.23. The molecule has 142 valence electrons. The van der Waals surface area contributed by atoms with Crippen molar-refractivity contribution in [3.05, 3.63) is 29.8 Å². The summed E-state index contributed by atoms with van der Waals surface area (Å²) in [6.07, 6.45) is 2.52. The first-order chi connectivity index (χ1) is 12.6. The van der Waals surface area contributed by atoms with Crippen LogP contribution in [0.4, 0.5) is 0 Å². The van der Waals surface area contributed by atoms with Crippen LogP contribution in [0.1, 0.15) is 25.3 Å². The van der Waals surface area contributed by atoms with E-state index in [0.717, 1.165) is 25.0 Å². The van der Waals surface area contributed by atoms with Crippen molar-refractivity contribution in [3.63, 3.8) is 0 Å². The Morgan fingerprint density at radius 3 is 2.54 bits per heavy atom. The summed E-state index contributed by atoms with van der Waals surface area (Å²) < 4.78 is 10.9. The monoisotopic (exact) mass is 360 g/mol. The van der Waals surface area contributed by atoms with Gasteiger partial charge in [0.05, 0.1) is 13.1 Å². The predicted octanol–water partition coefficient (Wildman–Crippen LogP) is 1.72. The van der Waals surface area contributed by atoms with Crippen molar-refractivity contribution in [2.45, 2.75) is 32.3 Å². The SMILES string of the molecule is CCc1cccc(OC2CN(C(=O)C3CCN(C(=O)COC)CC3)C2)c1. The van der Waals surface area contributed by atoms with E-state index in [1.807, 2.05) is 17.0 Å². The van der Waals surface area contributed by atoms with Crippen molar-refractivity contribution >= 4 is 11.8 Å². The van der Waals surface area contributed by atoms with E-state index in [2.05, 4.69) is 19.1 Å². The Labute approximate surface area is 155 Å². The molecule has 0 aromatic heterocycles. The quantitative estimate of drug-likeness (QED) is 0.775. The fraction of sp³-hybridized carbons (Fsp3) is 0.600. The first kappa shape index (κ1) is 18.7. The molecule has 0 N–H and O–H groups in total. The molecule has 6 heteroatoms. The van der Waals surface area contributed by atoms with E-state index in [4.69, 9.17) is 9.47 Å². The van der Waals surface area contributed by atoms with Gasteiger partial charge in [-0.1, -0.05) is 19.1 Å². The summed E-state index contributed by atoms with van der Waals surface area (Å²) in [5.41, 5.74) is 1.25. The van der Waals surface area contributed by atoms with Gasteiger partial charge in [-0.3, -0.25) is 9.59 Å². The molecule has 0 unspecified atom stereocenters. The molecule has 1 aromatic rings. The van der Waals surface area contributed by atoms with Crippen molar-refractivity contribution in [3.8, 4) is 5.75 Å². The number of ether oxygens (including phenoxy) is 2. The van der Waals surface area contributed by atoms with E-state index in [0.29, 0.717) is 26.2 Å². The van der Waals surface area contributed by atoms with E-state index in [1.54, 1.807) is 4.90 Å². The summed E-state index contributed by atoms with van der Waals surface area (Å²) in [4.78, 5) is 28.1. The van der Waals surface area contributed by atoms with Gasteiger partial charge in [0.25, 0.3) is 0 Å². The predicted molar refractivity (Wildman–Crippen MR) is 98.0 cm³/mol. The van der Waals surface area contributed by atoms with Gasteiger partial charge in [0.1, 0.15) is 18.5 Å². The fourth-order valence-electron chi connectivity index (χ4n) is 3.57. The van der Waals surface area contributed by atoms with Crippen LogP contribution in [-0.4, -0.2) is 67.6 Å². The first-order valence-corrected chi connectivity index (χ1v) is 9.41. The maximum atomic E-state index is 12.6. The summed E-state index contributed by atoms with van der Waals surface area (Å²) in [5.74, 6) is 1.11. The smallest absolute Gasteiger partial charge is 0.248 e. The molecule has 0 saturated carbocycles. The van der Waals surface area contributed by atoms with E-state index in [-0.39, 0.29) is 30.4 Å². The average molecular weight is 360 g/mol. The largest absolute Gasteiger partial charge is 0.487 e. The number of likely N-dealkylation sites (tertiary alicyclic amines) is 2. The number of amides is 2. The Hall–Kier alpha value is -2.08. The van der Waals surface area contributed by atoms with Gasteiger partial charge in [0.2, 0.25) is 11.8 Å². The highest BCUT2D eigenvalue weighted by Gasteiger charge is 2.37. The number of hydrogen-bond donors (Lipinski definition) is 0. The van der Waals surface area contributed by atoms with Crippen LogP contribution in [0.15, 0.2) is 24.3 Å². The molecule has 2 fully saturated rings. The Morgan fingerprint density at radius 1 is 1.15 bits per heavy atom. The number of benzene rings is 1. The van der Waals surface area contributed by atoms with Crippen LogP contribution in [0.5, 0.6) is 5.75 Å². The second-order valence-electron chi connectivity index (χ2n) is 7.07. The van der Waals surface area contributed by atoms with Crippen LogP contribution in [-0.2, 0) is 20.7 Å². The van der Waals surface area contributed by atoms with Crippen molar-refractivity contribution in [1.29, 1.82) is 0 Å². The lowest BCUT2D eigenvalue weighted by atomic mass is 9.93. The number of aryl methyl sites for hydroxylation is 1. The molecule has 2 heterocycles. The van der Waals surface area contributed by atoms with Crippen LogP contribution in [0.2, 0.25) is 0 Å². The molecule has 2 aliphatic rings. The third kappa shape index (κ3) is 4.36. The van der Waals surface area contributed by atoms with Gasteiger partial charge in [-0.25, -0.2) is 0 Å². The van der Waals surface area contributed by atoms with Crippen LogP contribution in [0.3, 0.4) is 0 Å². The second-order valence-corrected chi connectivity index (χ2v) is 7.07. The number of piperidine rings is 1. The molecule has 6 nitrogen and oxygen atoms in total. The van der Waals surface area contributed by atoms with Crippen LogP contribution in [0, 0.1) is 5.92 Å². The minimum absolute atomic E-state index is 0.00474. The lowest BCUT2D eigenvalue weighted by molar-refractivity contribution is -0.148. The molecule has 1 aromatic carbocycles. The van der Waals surface area contributed by atoms with Crippen molar-refractivity contribution < 1.29 is 19.1 Å². The minimum Gasteiger partial charge on any atom is -0.487 e. The third-order valence-corrected chi connectivity index (χ3v) is 5.23. The van der Waals surface area contributed by atoms with Crippen molar-refractivity contribution in [1.82, 2.24) is 9.80 Å². The summed E-state index contributed by atoms with van der Waals surface area (Å²) >= 11 is 0. The summed E-state index contributed by atoms with van der Waals surface area (Å²) in [6.45, 7) is 4.81. The number of hydrogen-bond acceptors (Lipinski definition) is 4. The molecule has 3 rings (SSSR count). The molecule has 0 bridgehead atoms. The van der Waals surface area contributed by atoms with Gasteiger partial charge in [-0.15, -0.1) is 0 Å². The Balaban J connectivity index is 1.42. The van der Waals surface area contributed by atoms with E-state index in [1.165, 1.54) is 12.7 Å². The normalized spacial score (nSPS) is 18.5. The number of carbonyl (C=O) groups is 2. The lowest BCUT2D eigenvalue weighted by Crippen LogP contribution is -2.58. The van der Waals surface area contributed by atoms with E-state index < -0.39 is 0 Å². The zero-order chi connectivity index (χ0) is 18.5. The first-order valence-electron chi connectivity index (χ1n) is 9.41. The highest BCUT2D eigenvalue weighted by atomic mass is 16.5. The maximum Gasteiger partial charge on any atom is 0.248 e. The number of rotatable bonds is 6. The van der Waals surface area contributed by atoms with Gasteiger partial charge < -0.3 is 19.3 Å². The van der Waals surface area contributed by atoms with Crippen LogP contribution >= 0.6 is 0 Å². The standard InChI is InChI=1S/C20H28N2O4/c1-3-15-5-4-6-17(11-15)26-18-12-22(13-18)20(24)16-7-9-21(10-8-16)19(23)14-25-2/h4-6,11,16,18H,3,7-10,12-14H2,1-2H3. The molecule has 26 heavy (non-hydrogen) atoms. The molecule has 0 aliphatic carbocycles.